The molecular formula is C20H25N3O4. The van der Waals surface area contributed by atoms with Crippen molar-refractivity contribution in [3.8, 4) is 0 Å². The summed E-state index contributed by atoms with van der Waals surface area (Å²) in [5.41, 5.74) is -0.534. The van der Waals surface area contributed by atoms with E-state index in [1.165, 1.54) is 12.8 Å². The van der Waals surface area contributed by atoms with Crippen LogP contribution in [0.4, 0.5) is 0 Å². The number of amides is 1. The number of hydrogen-bond acceptors (Lipinski definition) is 5. The minimum atomic E-state index is -1.18. The predicted molar refractivity (Wildman–Crippen MR) is 98.3 cm³/mol. The van der Waals surface area contributed by atoms with Crippen molar-refractivity contribution in [2.45, 2.75) is 56.8 Å². The van der Waals surface area contributed by atoms with Crippen LogP contribution in [0.5, 0.6) is 0 Å². The van der Waals surface area contributed by atoms with Crippen molar-refractivity contribution in [2.75, 3.05) is 6.54 Å². The van der Waals surface area contributed by atoms with Crippen LogP contribution in [0.15, 0.2) is 34.9 Å². The lowest BCUT2D eigenvalue weighted by molar-refractivity contribution is -0.143. The minimum Gasteiger partial charge on any atom is -0.481 e. The van der Waals surface area contributed by atoms with Crippen molar-refractivity contribution in [1.82, 2.24) is 15.5 Å². The second-order valence-electron chi connectivity index (χ2n) is 7.31. The fourth-order valence-electron chi connectivity index (χ4n) is 3.41. The molecule has 1 aliphatic carbocycles. The third kappa shape index (κ3) is 4.53. The van der Waals surface area contributed by atoms with Gasteiger partial charge in [0.25, 0.3) is 0 Å². The second kappa shape index (κ2) is 8.33. The Morgan fingerprint density at radius 1 is 1.26 bits per heavy atom. The molecular weight excluding hydrogens is 346 g/mol. The van der Waals surface area contributed by atoms with E-state index < -0.39 is 11.4 Å². The van der Waals surface area contributed by atoms with E-state index in [-0.39, 0.29) is 18.9 Å². The Kier molecular flexibility index (Phi) is 5.88. The highest BCUT2D eigenvalue weighted by molar-refractivity contribution is 5.83. The quantitative estimate of drug-likeness (QED) is 0.739. The Morgan fingerprint density at radius 2 is 1.96 bits per heavy atom. The summed E-state index contributed by atoms with van der Waals surface area (Å²) in [4.78, 5) is 28.3. The van der Waals surface area contributed by atoms with Crippen LogP contribution in [0, 0.1) is 0 Å². The zero-order valence-electron chi connectivity index (χ0n) is 15.5. The lowest BCUT2D eigenvalue weighted by Crippen LogP contribution is -2.44. The number of benzene rings is 1. The Balaban J connectivity index is 1.52. The number of hydrogen-bond donors (Lipinski definition) is 2. The Labute approximate surface area is 158 Å². The molecule has 1 heterocycles. The van der Waals surface area contributed by atoms with E-state index in [1.807, 2.05) is 6.07 Å². The summed E-state index contributed by atoms with van der Waals surface area (Å²) in [6, 6.07) is 8.91. The molecule has 0 bridgehead atoms. The number of carboxylic acids is 1. The zero-order chi connectivity index (χ0) is 19.3. The van der Waals surface area contributed by atoms with Gasteiger partial charge in [0.1, 0.15) is 5.41 Å². The van der Waals surface area contributed by atoms with Crippen molar-refractivity contribution in [1.29, 1.82) is 0 Å². The van der Waals surface area contributed by atoms with E-state index in [9.17, 15) is 14.7 Å². The Bertz CT molecular complexity index is 784. The van der Waals surface area contributed by atoms with Gasteiger partial charge >= 0.3 is 5.97 Å². The maximum absolute atomic E-state index is 12.2. The monoisotopic (exact) mass is 371 g/mol. The van der Waals surface area contributed by atoms with E-state index in [1.54, 1.807) is 31.2 Å². The number of aliphatic carboxylic acids is 1. The van der Waals surface area contributed by atoms with Crippen LogP contribution in [0.25, 0.3) is 0 Å². The number of carboxylic acid groups (broad SMARTS) is 1. The van der Waals surface area contributed by atoms with Gasteiger partial charge in [-0.1, -0.05) is 48.3 Å². The first-order valence-corrected chi connectivity index (χ1v) is 9.37. The van der Waals surface area contributed by atoms with Gasteiger partial charge in [0.2, 0.25) is 11.8 Å². The molecule has 1 atom stereocenters. The summed E-state index contributed by atoms with van der Waals surface area (Å²) >= 11 is 0. The molecule has 0 radical (unpaired) electrons. The third-order valence-corrected chi connectivity index (χ3v) is 5.29. The van der Waals surface area contributed by atoms with E-state index in [2.05, 4.69) is 15.5 Å². The number of aromatic nitrogens is 2. The highest BCUT2D eigenvalue weighted by atomic mass is 16.5. The van der Waals surface area contributed by atoms with Gasteiger partial charge in [-0.15, -0.1) is 0 Å². The third-order valence-electron chi connectivity index (χ3n) is 5.29. The lowest BCUT2D eigenvalue weighted by atomic mass is 9.82. The van der Waals surface area contributed by atoms with Gasteiger partial charge in [0.05, 0.1) is 0 Å². The summed E-state index contributed by atoms with van der Waals surface area (Å²) in [5.74, 6) is 0.353. The molecule has 0 aliphatic heterocycles. The van der Waals surface area contributed by atoms with Crippen LogP contribution >= 0.6 is 0 Å². The Morgan fingerprint density at radius 3 is 2.63 bits per heavy atom. The molecule has 1 aromatic carbocycles. The first-order valence-electron chi connectivity index (χ1n) is 9.37. The van der Waals surface area contributed by atoms with Gasteiger partial charge in [-0.25, -0.2) is 0 Å². The average Bonchev–Trinajstić information content (AvgIpc) is 3.36. The molecule has 1 aliphatic rings. The second-order valence-corrected chi connectivity index (χ2v) is 7.31. The number of carbonyl (C=O) groups excluding carboxylic acids is 1. The van der Waals surface area contributed by atoms with Gasteiger partial charge < -0.3 is 14.9 Å². The van der Waals surface area contributed by atoms with Gasteiger partial charge in [-0.05, 0) is 25.3 Å². The van der Waals surface area contributed by atoms with Crippen LogP contribution < -0.4 is 5.32 Å². The first kappa shape index (κ1) is 19.1. The number of nitrogens with one attached hydrogen (secondary N) is 1. The number of rotatable bonds is 8. The van der Waals surface area contributed by atoms with Gasteiger partial charge in [0.15, 0.2) is 5.82 Å². The number of aryl methyl sites for hydroxylation is 1. The summed E-state index contributed by atoms with van der Waals surface area (Å²) in [5, 5.41) is 16.4. The zero-order valence-corrected chi connectivity index (χ0v) is 15.5. The van der Waals surface area contributed by atoms with Gasteiger partial charge in [0, 0.05) is 25.3 Å². The highest BCUT2D eigenvalue weighted by Gasteiger charge is 2.35. The number of nitrogens with zero attached hydrogens (tertiary/aromatic N) is 2. The van der Waals surface area contributed by atoms with E-state index in [4.69, 9.17) is 4.52 Å². The molecule has 27 heavy (non-hydrogen) atoms. The van der Waals surface area contributed by atoms with E-state index in [0.717, 1.165) is 18.7 Å². The SMILES string of the molecule is CC(CNC(=O)CCc1nc(C2CCCC2)no1)(C(=O)O)c1ccccc1. The van der Waals surface area contributed by atoms with Crippen LogP contribution in [0.1, 0.15) is 62.2 Å². The molecule has 0 spiro atoms. The van der Waals surface area contributed by atoms with Crippen molar-refractivity contribution in [3.63, 3.8) is 0 Å². The molecule has 1 amide bonds. The maximum atomic E-state index is 12.2. The summed E-state index contributed by atoms with van der Waals surface area (Å²) in [7, 11) is 0. The standard InChI is InChI=1S/C20H25N3O4/c1-20(19(25)26,15-9-3-2-4-10-15)13-21-16(24)11-12-17-22-18(23-27-17)14-7-5-6-8-14/h2-4,9-10,14H,5-8,11-13H2,1H3,(H,21,24)(H,25,26). The molecule has 1 unspecified atom stereocenters. The van der Waals surface area contributed by atoms with Crippen molar-refractivity contribution < 1.29 is 19.2 Å². The highest BCUT2D eigenvalue weighted by Crippen LogP contribution is 2.32. The maximum Gasteiger partial charge on any atom is 0.315 e. The smallest absolute Gasteiger partial charge is 0.315 e. The van der Waals surface area contributed by atoms with Crippen LogP contribution in [-0.2, 0) is 21.4 Å². The lowest BCUT2D eigenvalue weighted by Gasteiger charge is -2.25. The molecule has 7 heteroatoms. The van der Waals surface area contributed by atoms with Crippen LogP contribution in [0.2, 0.25) is 0 Å². The minimum absolute atomic E-state index is 0.0162. The normalized spacial score (nSPS) is 16.8. The van der Waals surface area contributed by atoms with Gasteiger partial charge in [-0.2, -0.15) is 4.98 Å². The summed E-state index contributed by atoms with van der Waals surface area (Å²) in [6.45, 7) is 1.62. The van der Waals surface area contributed by atoms with E-state index in [0.29, 0.717) is 23.8 Å². The number of carbonyl (C=O) groups is 2. The fourth-order valence-corrected chi connectivity index (χ4v) is 3.41. The first-order chi connectivity index (χ1) is 13.0. The van der Waals surface area contributed by atoms with Gasteiger partial charge in [-0.3, -0.25) is 9.59 Å². The van der Waals surface area contributed by atoms with Crippen molar-refractivity contribution >= 4 is 11.9 Å². The molecule has 1 fully saturated rings. The Hall–Kier alpha value is -2.70. The van der Waals surface area contributed by atoms with Crippen LogP contribution in [-0.4, -0.2) is 33.7 Å². The summed E-state index contributed by atoms with van der Waals surface area (Å²) in [6.07, 6.45) is 5.10. The largest absolute Gasteiger partial charge is 0.481 e. The molecule has 3 rings (SSSR count). The molecule has 2 aromatic rings. The average molecular weight is 371 g/mol. The van der Waals surface area contributed by atoms with Crippen molar-refractivity contribution in [3.05, 3.63) is 47.6 Å². The van der Waals surface area contributed by atoms with Crippen molar-refractivity contribution in [2.24, 2.45) is 0 Å². The molecule has 2 N–H and O–H groups in total. The topological polar surface area (TPSA) is 105 Å². The van der Waals surface area contributed by atoms with Crippen LogP contribution in [0.3, 0.4) is 0 Å². The molecule has 0 saturated heterocycles. The predicted octanol–water partition coefficient (Wildman–Crippen LogP) is 2.82. The molecule has 7 nitrogen and oxygen atoms in total. The molecule has 144 valence electrons. The summed E-state index contributed by atoms with van der Waals surface area (Å²) < 4.78 is 5.25. The molecule has 1 saturated carbocycles. The van der Waals surface area contributed by atoms with E-state index >= 15 is 0 Å². The fraction of sp³-hybridized carbons (Fsp3) is 0.500. The molecule has 1 aromatic heterocycles.